The van der Waals surface area contributed by atoms with Gasteiger partial charge in [-0.1, -0.05) is 17.7 Å². The number of methoxy groups -OCH3 is 2. The molecule has 0 unspecified atom stereocenters. The third kappa shape index (κ3) is 4.66. The maximum Gasteiger partial charge on any atom is 0.175 e. The van der Waals surface area contributed by atoms with Gasteiger partial charge in [0.2, 0.25) is 0 Å². The van der Waals surface area contributed by atoms with Gasteiger partial charge in [-0.3, -0.25) is 4.68 Å². The second-order valence-electron chi connectivity index (χ2n) is 6.55. The molecule has 3 rings (SSSR count). The van der Waals surface area contributed by atoms with E-state index < -0.39 is 0 Å². The van der Waals surface area contributed by atoms with Gasteiger partial charge in [-0.05, 0) is 50.3 Å². The second kappa shape index (κ2) is 9.32. The molecule has 158 valence electrons. The van der Waals surface area contributed by atoms with Gasteiger partial charge >= 0.3 is 0 Å². The third-order valence-corrected chi connectivity index (χ3v) is 5.19. The number of thiocarbonyl (C=S) groups is 1. The largest absolute Gasteiger partial charge is 0.493 e. The molecule has 0 aliphatic rings. The first-order chi connectivity index (χ1) is 14.3. The molecule has 0 saturated heterocycles. The number of nitrogens with zero attached hydrogens (tertiary/aromatic N) is 2. The maximum atomic E-state index is 14.2. The first-order valence-corrected chi connectivity index (χ1v) is 9.89. The van der Waals surface area contributed by atoms with Gasteiger partial charge in [0.15, 0.2) is 16.6 Å². The zero-order valence-corrected chi connectivity index (χ0v) is 18.6. The van der Waals surface area contributed by atoms with Crippen LogP contribution in [0.3, 0.4) is 0 Å². The van der Waals surface area contributed by atoms with Crippen molar-refractivity contribution >= 4 is 40.3 Å². The van der Waals surface area contributed by atoms with Crippen molar-refractivity contribution < 1.29 is 13.9 Å². The summed E-state index contributed by atoms with van der Waals surface area (Å²) in [6.07, 6.45) is 0. The number of benzene rings is 2. The lowest BCUT2D eigenvalue weighted by atomic mass is 10.2. The van der Waals surface area contributed by atoms with Gasteiger partial charge in [0.1, 0.15) is 5.82 Å². The van der Waals surface area contributed by atoms with E-state index in [0.29, 0.717) is 27.2 Å². The fourth-order valence-corrected chi connectivity index (χ4v) is 3.50. The van der Waals surface area contributed by atoms with E-state index >= 15 is 0 Å². The van der Waals surface area contributed by atoms with Crippen molar-refractivity contribution in [2.24, 2.45) is 0 Å². The van der Waals surface area contributed by atoms with Crippen LogP contribution in [0.5, 0.6) is 11.5 Å². The fraction of sp³-hybridized carbons (Fsp3) is 0.238. The Bertz CT molecular complexity index is 1070. The second-order valence-corrected chi connectivity index (χ2v) is 7.37. The Kier molecular flexibility index (Phi) is 6.79. The van der Waals surface area contributed by atoms with E-state index in [1.54, 1.807) is 43.2 Å². The van der Waals surface area contributed by atoms with Gasteiger partial charge in [-0.2, -0.15) is 5.10 Å². The lowest BCUT2D eigenvalue weighted by Gasteiger charge is -2.13. The molecule has 2 N–H and O–H groups in total. The highest BCUT2D eigenvalue weighted by Crippen LogP contribution is 2.30. The van der Waals surface area contributed by atoms with Crippen LogP contribution in [0.15, 0.2) is 36.4 Å². The van der Waals surface area contributed by atoms with Crippen LogP contribution < -0.4 is 20.1 Å². The SMILES string of the molecule is COc1ccc(NC(=S)Nc2c(C)nn(Cc3c(F)cccc3Cl)c2C)cc1OC. The van der Waals surface area contributed by atoms with Crippen molar-refractivity contribution in [1.82, 2.24) is 9.78 Å². The molecule has 0 aliphatic carbocycles. The molecular formula is C21H22ClFN4O2S. The summed E-state index contributed by atoms with van der Waals surface area (Å²) in [5, 5.41) is 11.5. The van der Waals surface area contributed by atoms with E-state index in [0.717, 1.165) is 22.8 Å². The Labute approximate surface area is 184 Å². The molecule has 30 heavy (non-hydrogen) atoms. The van der Waals surface area contributed by atoms with Crippen LogP contribution in [0.25, 0.3) is 0 Å². The summed E-state index contributed by atoms with van der Waals surface area (Å²) in [6.45, 7) is 3.96. The highest BCUT2D eigenvalue weighted by molar-refractivity contribution is 7.80. The number of ether oxygens (including phenoxy) is 2. The van der Waals surface area contributed by atoms with Crippen LogP contribution in [-0.4, -0.2) is 29.1 Å². The van der Waals surface area contributed by atoms with Gasteiger partial charge in [0, 0.05) is 22.3 Å². The number of rotatable bonds is 6. The van der Waals surface area contributed by atoms with Crippen molar-refractivity contribution in [1.29, 1.82) is 0 Å². The Hall–Kier alpha value is -2.84. The third-order valence-electron chi connectivity index (χ3n) is 4.63. The van der Waals surface area contributed by atoms with E-state index in [1.165, 1.54) is 6.07 Å². The first-order valence-electron chi connectivity index (χ1n) is 9.11. The van der Waals surface area contributed by atoms with Crippen molar-refractivity contribution in [3.63, 3.8) is 0 Å². The number of hydrogen-bond acceptors (Lipinski definition) is 4. The van der Waals surface area contributed by atoms with Crippen LogP contribution in [0.4, 0.5) is 15.8 Å². The average Bonchev–Trinajstić information content (AvgIpc) is 2.98. The van der Waals surface area contributed by atoms with Gasteiger partial charge in [-0.15, -0.1) is 0 Å². The highest BCUT2D eigenvalue weighted by atomic mass is 35.5. The van der Waals surface area contributed by atoms with Crippen LogP contribution in [0, 0.1) is 19.7 Å². The number of nitrogens with one attached hydrogen (secondary N) is 2. The Morgan fingerprint density at radius 3 is 2.53 bits per heavy atom. The molecule has 9 heteroatoms. The lowest BCUT2D eigenvalue weighted by Crippen LogP contribution is -2.20. The van der Waals surface area contributed by atoms with Crippen LogP contribution in [-0.2, 0) is 6.54 Å². The zero-order valence-electron chi connectivity index (χ0n) is 17.0. The number of aryl methyl sites for hydroxylation is 1. The summed E-state index contributed by atoms with van der Waals surface area (Å²) in [6, 6.07) is 10.0. The minimum Gasteiger partial charge on any atom is -0.493 e. The molecule has 0 bridgehead atoms. The standard InChI is InChI=1S/C21H22ClFN4O2S/c1-12-20(13(2)27(26-12)11-15-16(22)6-5-7-17(15)23)25-21(30)24-14-8-9-18(28-3)19(10-14)29-4/h5-10H,11H2,1-4H3,(H2,24,25,30). The van der Waals surface area contributed by atoms with Gasteiger partial charge in [-0.25, -0.2) is 4.39 Å². The van der Waals surface area contributed by atoms with Gasteiger partial charge < -0.3 is 20.1 Å². The summed E-state index contributed by atoms with van der Waals surface area (Å²) >= 11 is 11.6. The molecule has 0 radical (unpaired) electrons. The molecule has 0 fully saturated rings. The molecule has 3 aromatic rings. The van der Waals surface area contributed by atoms with Crippen molar-refractivity contribution in [3.8, 4) is 11.5 Å². The Morgan fingerprint density at radius 2 is 1.87 bits per heavy atom. The summed E-state index contributed by atoms with van der Waals surface area (Å²) in [5.74, 6) is 0.851. The normalized spacial score (nSPS) is 10.6. The van der Waals surface area contributed by atoms with Crippen molar-refractivity contribution in [2.45, 2.75) is 20.4 Å². The van der Waals surface area contributed by atoms with E-state index in [4.69, 9.17) is 33.3 Å². The summed E-state index contributed by atoms with van der Waals surface area (Å²) in [7, 11) is 3.15. The molecule has 0 saturated carbocycles. The predicted octanol–water partition coefficient (Wildman–Crippen LogP) is 5.17. The molecule has 1 heterocycles. The predicted molar refractivity (Wildman–Crippen MR) is 122 cm³/mol. The van der Waals surface area contributed by atoms with Crippen molar-refractivity contribution in [2.75, 3.05) is 24.9 Å². The monoisotopic (exact) mass is 448 g/mol. The molecule has 1 aromatic heterocycles. The smallest absolute Gasteiger partial charge is 0.175 e. The Morgan fingerprint density at radius 1 is 1.13 bits per heavy atom. The molecule has 0 amide bonds. The van der Waals surface area contributed by atoms with E-state index in [1.807, 2.05) is 19.9 Å². The summed E-state index contributed by atoms with van der Waals surface area (Å²) < 4.78 is 26.4. The summed E-state index contributed by atoms with van der Waals surface area (Å²) in [5.41, 5.74) is 3.42. The van der Waals surface area contributed by atoms with E-state index in [2.05, 4.69) is 15.7 Å². The van der Waals surface area contributed by atoms with Gasteiger partial charge in [0.25, 0.3) is 0 Å². The molecule has 6 nitrogen and oxygen atoms in total. The minimum absolute atomic E-state index is 0.218. The quantitative estimate of drug-likeness (QED) is 0.507. The number of anilines is 2. The molecule has 0 atom stereocenters. The average molecular weight is 449 g/mol. The van der Waals surface area contributed by atoms with Crippen LogP contribution in [0.2, 0.25) is 5.02 Å². The van der Waals surface area contributed by atoms with Crippen LogP contribution in [0.1, 0.15) is 17.0 Å². The molecular weight excluding hydrogens is 427 g/mol. The highest BCUT2D eigenvalue weighted by Gasteiger charge is 2.16. The fourth-order valence-electron chi connectivity index (χ4n) is 3.05. The lowest BCUT2D eigenvalue weighted by molar-refractivity contribution is 0.355. The summed E-state index contributed by atoms with van der Waals surface area (Å²) in [4.78, 5) is 0. The molecule has 2 aromatic carbocycles. The topological polar surface area (TPSA) is 60.3 Å². The Balaban J connectivity index is 1.76. The molecule has 0 spiro atoms. The van der Waals surface area contributed by atoms with Gasteiger partial charge in [0.05, 0.1) is 37.8 Å². The number of aromatic nitrogens is 2. The zero-order chi connectivity index (χ0) is 21.8. The number of halogens is 2. The first kappa shape index (κ1) is 21.9. The molecule has 0 aliphatic heterocycles. The van der Waals surface area contributed by atoms with Crippen LogP contribution >= 0.6 is 23.8 Å². The maximum absolute atomic E-state index is 14.2. The van der Waals surface area contributed by atoms with E-state index in [9.17, 15) is 4.39 Å². The van der Waals surface area contributed by atoms with Crippen molar-refractivity contribution in [3.05, 3.63) is 64.2 Å². The minimum atomic E-state index is -0.366. The number of hydrogen-bond donors (Lipinski definition) is 2. The van der Waals surface area contributed by atoms with E-state index in [-0.39, 0.29) is 12.4 Å².